The maximum absolute atomic E-state index is 14.0. The lowest BCUT2D eigenvalue weighted by Crippen LogP contribution is -2.15. The highest BCUT2D eigenvalue weighted by Gasteiger charge is 2.22. The van der Waals surface area contributed by atoms with Gasteiger partial charge in [0, 0.05) is 28.5 Å². The largest absolute Gasteiger partial charge is 0.337 e. The summed E-state index contributed by atoms with van der Waals surface area (Å²) < 4.78 is 32.7. The first-order chi connectivity index (χ1) is 14.5. The molecule has 8 heteroatoms. The molecule has 1 N–H and O–H groups in total. The Labute approximate surface area is 175 Å². The van der Waals surface area contributed by atoms with Crippen LogP contribution in [0.25, 0.3) is 22.4 Å². The zero-order valence-electron chi connectivity index (χ0n) is 15.4. The average molecular weight is 426 g/mol. The van der Waals surface area contributed by atoms with Gasteiger partial charge in [-0.1, -0.05) is 22.8 Å². The van der Waals surface area contributed by atoms with Crippen LogP contribution >= 0.6 is 11.6 Å². The van der Waals surface area contributed by atoms with E-state index in [9.17, 15) is 13.6 Å². The maximum atomic E-state index is 14.0. The number of aromatic nitrogens is 2. The number of benzene rings is 2. The minimum absolute atomic E-state index is 0.0815. The Hall–Kier alpha value is -3.58. The van der Waals surface area contributed by atoms with E-state index in [1.165, 1.54) is 30.3 Å². The molecule has 0 aliphatic heterocycles. The summed E-state index contributed by atoms with van der Waals surface area (Å²) in [5, 5.41) is 6.84. The fourth-order valence-electron chi connectivity index (χ4n) is 3.00. The lowest BCUT2D eigenvalue weighted by Gasteiger charge is -2.08. The van der Waals surface area contributed by atoms with Crippen molar-refractivity contribution in [2.45, 2.75) is 6.42 Å². The lowest BCUT2D eigenvalue weighted by molar-refractivity contribution is -0.115. The topological polar surface area (TPSA) is 68.0 Å². The number of nitrogens with one attached hydrogen (secondary N) is 1. The van der Waals surface area contributed by atoms with Gasteiger partial charge in [0.05, 0.1) is 12.0 Å². The molecule has 5 nitrogen and oxygen atoms in total. The zero-order chi connectivity index (χ0) is 21.1. The second-order valence-electron chi connectivity index (χ2n) is 6.40. The monoisotopic (exact) mass is 425 g/mol. The molecule has 2 heterocycles. The van der Waals surface area contributed by atoms with Gasteiger partial charge in [0.2, 0.25) is 11.8 Å². The molecule has 0 radical (unpaired) electrons. The average Bonchev–Trinajstić information content (AvgIpc) is 3.15. The summed E-state index contributed by atoms with van der Waals surface area (Å²) in [7, 11) is 0. The van der Waals surface area contributed by atoms with Crippen molar-refractivity contribution < 1.29 is 18.1 Å². The van der Waals surface area contributed by atoms with Gasteiger partial charge in [0.1, 0.15) is 17.3 Å². The van der Waals surface area contributed by atoms with Crippen LogP contribution in [0.15, 0.2) is 71.5 Å². The second-order valence-corrected chi connectivity index (χ2v) is 6.81. The maximum Gasteiger partial charge on any atom is 0.239 e. The van der Waals surface area contributed by atoms with Gasteiger partial charge >= 0.3 is 0 Å². The van der Waals surface area contributed by atoms with Crippen LogP contribution in [-0.2, 0) is 11.2 Å². The first-order valence-electron chi connectivity index (χ1n) is 8.91. The predicted octanol–water partition coefficient (Wildman–Crippen LogP) is 5.52. The second kappa shape index (κ2) is 8.42. The van der Waals surface area contributed by atoms with Crippen LogP contribution in [0.4, 0.5) is 14.7 Å². The van der Waals surface area contributed by atoms with E-state index in [2.05, 4.69) is 15.5 Å². The summed E-state index contributed by atoms with van der Waals surface area (Å²) >= 11 is 6.01. The molecule has 0 bridgehead atoms. The Balaban J connectivity index is 1.70. The van der Waals surface area contributed by atoms with Crippen molar-refractivity contribution in [3.8, 4) is 22.4 Å². The molecule has 0 fully saturated rings. The lowest BCUT2D eigenvalue weighted by atomic mass is 10.0. The van der Waals surface area contributed by atoms with Crippen LogP contribution in [0.1, 0.15) is 5.56 Å². The summed E-state index contributed by atoms with van der Waals surface area (Å²) in [6.45, 7) is 0. The van der Waals surface area contributed by atoms with E-state index in [1.54, 1.807) is 36.7 Å². The molecule has 2 aromatic heterocycles. The molecule has 0 aliphatic carbocycles. The molecule has 150 valence electrons. The molecule has 0 aliphatic rings. The van der Waals surface area contributed by atoms with Crippen LogP contribution in [-0.4, -0.2) is 16.0 Å². The van der Waals surface area contributed by atoms with Crippen molar-refractivity contribution in [1.82, 2.24) is 10.1 Å². The highest BCUT2D eigenvalue weighted by molar-refractivity contribution is 6.31. The van der Waals surface area contributed by atoms with Gasteiger partial charge in [-0.25, -0.2) is 8.78 Å². The first-order valence-corrected chi connectivity index (χ1v) is 9.29. The molecule has 4 aromatic rings. The van der Waals surface area contributed by atoms with Gasteiger partial charge in [-0.3, -0.25) is 15.1 Å². The highest BCUT2D eigenvalue weighted by Crippen LogP contribution is 2.37. The minimum atomic E-state index is -0.573. The third kappa shape index (κ3) is 4.06. The summed E-state index contributed by atoms with van der Waals surface area (Å²) in [4.78, 5) is 16.6. The fourth-order valence-corrected chi connectivity index (χ4v) is 3.23. The van der Waals surface area contributed by atoms with Crippen LogP contribution in [0.5, 0.6) is 0 Å². The Bertz CT molecular complexity index is 1170. The van der Waals surface area contributed by atoms with E-state index in [4.69, 9.17) is 16.1 Å². The van der Waals surface area contributed by atoms with Gasteiger partial charge in [0.15, 0.2) is 0 Å². The van der Waals surface area contributed by atoms with Crippen molar-refractivity contribution in [2.24, 2.45) is 0 Å². The van der Waals surface area contributed by atoms with Gasteiger partial charge in [-0.15, -0.1) is 0 Å². The molecule has 0 atom stereocenters. The Morgan fingerprint density at radius 1 is 1.00 bits per heavy atom. The van der Waals surface area contributed by atoms with E-state index < -0.39 is 11.7 Å². The standard InChI is InChI=1S/C22H14ClF2N3O2/c23-17-2-1-3-18(25)16(17)12-19(29)27-22-20(13-8-10-26-11-9-13)21(28-30-22)14-4-6-15(24)7-5-14/h1-11H,12H2,(H,27,29). The molecule has 1 amide bonds. The van der Waals surface area contributed by atoms with Crippen LogP contribution in [0.3, 0.4) is 0 Å². The fraction of sp³-hybridized carbons (Fsp3) is 0.0455. The molecule has 30 heavy (non-hydrogen) atoms. The van der Waals surface area contributed by atoms with Crippen molar-refractivity contribution in [2.75, 3.05) is 5.32 Å². The van der Waals surface area contributed by atoms with E-state index in [-0.39, 0.29) is 28.7 Å². The van der Waals surface area contributed by atoms with Gasteiger partial charge in [0.25, 0.3) is 0 Å². The van der Waals surface area contributed by atoms with Crippen LogP contribution in [0.2, 0.25) is 5.02 Å². The van der Waals surface area contributed by atoms with Crippen LogP contribution < -0.4 is 5.32 Å². The smallest absolute Gasteiger partial charge is 0.239 e. The Morgan fingerprint density at radius 3 is 2.43 bits per heavy atom. The number of nitrogens with zero attached hydrogens (tertiary/aromatic N) is 2. The van der Waals surface area contributed by atoms with Crippen molar-refractivity contribution in [1.29, 1.82) is 0 Å². The number of amides is 1. The van der Waals surface area contributed by atoms with Crippen molar-refractivity contribution >= 4 is 23.4 Å². The predicted molar refractivity (Wildman–Crippen MR) is 109 cm³/mol. The molecule has 2 aromatic carbocycles. The number of carbonyl (C=O) groups is 1. The summed E-state index contributed by atoms with van der Waals surface area (Å²) in [6, 6.07) is 13.4. The molecule has 0 saturated heterocycles. The molecule has 0 spiro atoms. The third-order valence-corrected chi connectivity index (χ3v) is 4.78. The van der Waals surface area contributed by atoms with E-state index in [1.807, 2.05) is 0 Å². The van der Waals surface area contributed by atoms with E-state index >= 15 is 0 Å². The van der Waals surface area contributed by atoms with E-state index in [0.717, 1.165) is 0 Å². The normalized spacial score (nSPS) is 10.8. The molecule has 0 unspecified atom stereocenters. The van der Waals surface area contributed by atoms with Gasteiger partial charge in [-0.05, 0) is 54.1 Å². The van der Waals surface area contributed by atoms with E-state index in [0.29, 0.717) is 22.4 Å². The number of pyridine rings is 1. The Morgan fingerprint density at radius 2 is 1.73 bits per heavy atom. The van der Waals surface area contributed by atoms with Crippen molar-refractivity contribution in [3.63, 3.8) is 0 Å². The number of hydrogen-bond acceptors (Lipinski definition) is 4. The minimum Gasteiger partial charge on any atom is -0.337 e. The van der Waals surface area contributed by atoms with Gasteiger partial charge in [-0.2, -0.15) is 0 Å². The summed E-state index contributed by atoms with van der Waals surface area (Å²) in [6.07, 6.45) is 2.89. The zero-order valence-corrected chi connectivity index (χ0v) is 16.2. The summed E-state index contributed by atoms with van der Waals surface area (Å²) in [5.74, 6) is -1.41. The Kier molecular flexibility index (Phi) is 5.54. The number of rotatable bonds is 5. The first kappa shape index (κ1) is 19.7. The molecule has 4 rings (SSSR count). The highest BCUT2D eigenvalue weighted by atomic mass is 35.5. The number of anilines is 1. The SMILES string of the molecule is O=C(Cc1c(F)cccc1Cl)Nc1onc(-c2ccc(F)cc2)c1-c1ccncc1. The summed E-state index contributed by atoms with van der Waals surface area (Å²) in [5.41, 5.74) is 2.28. The number of carbonyl (C=O) groups excluding carboxylic acids is 1. The van der Waals surface area contributed by atoms with Crippen molar-refractivity contribution in [3.05, 3.63) is 89.2 Å². The third-order valence-electron chi connectivity index (χ3n) is 4.43. The molecular weight excluding hydrogens is 412 g/mol. The molecular formula is C22H14ClF2N3O2. The molecule has 0 saturated carbocycles. The van der Waals surface area contributed by atoms with Gasteiger partial charge < -0.3 is 4.52 Å². The van der Waals surface area contributed by atoms with Crippen LogP contribution in [0, 0.1) is 11.6 Å². The number of hydrogen-bond donors (Lipinski definition) is 1. The number of halogens is 3. The quantitative estimate of drug-likeness (QED) is 0.457.